The molecule has 0 N–H and O–H groups in total. The fourth-order valence-corrected chi connectivity index (χ4v) is 8.62. The number of hydrogen-bond acceptors (Lipinski definition) is 0. The molecule has 0 saturated carbocycles. The van der Waals surface area contributed by atoms with Crippen LogP contribution in [-0.4, -0.2) is 8.07 Å². The van der Waals surface area contributed by atoms with E-state index >= 15 is 0 Å². The second-order valence-electron chi connectivity index (χ2n) is 4.93. The Hall–Kier alpha value is -0.823. The fraction of sp³-hybridized carbons (Fsp3) is 0.467. The normalized spacial score (nSPS) is 20.4. The molecule has 0 spiro atoms. The summed E-state index contributed by atoms with van der Waals surface area (Å²) in [4.78, 5) is 0. The smallest absolute Gasteiger partial charge is 0.0756 e. The molecule has 0 unspecified atom stereocenters. The lowest BCUT2D eigenvalue weighted by Crippen LogP contribution is -2.41. The van der Waals surface area contributed by atoms with Gasteiger partial charge in [0.1, 0.15) is 0 Å². The third-order valence-corrected chi connectivity index (χ3v) is 10.4. The van der Waals surface area contributed by atoms with Gasteiger partial charge in [-0.25, -0.2) is 0 Å². The molecular formula is C15H22Si. The first-order chi connectivity index (χ1) is 7.83. The number of allylic oxidation sites excluding steroid dienone is 8. The molecule has 2 rings (SSSR count). The van der Waals surface area contributed by atoms with Gasteiger partial charge in [0.2, 0.25) is 0 Å². The van der Waals surface area contributed by atoms with E-state index in [0.717, 1.165) is 11.1 Å². The summed E-state index contributed by atoms with van der Waals surface area (Å²) < 4.78 is 0. The van der Waals surface area contributed by atoms with Crippen LogP contribution in [0.2, 0.25) is 23.2 Å². The summed E-state index contributed by atoms with van der Waals surface area (Å²) in [5.74, 6) is 0. The van der Waals surface area contributed by atoms with Crippen molar-refractivity contribution >= 4 is 8.07 Å². The quantitative estimate of drug-likeness (QED) is 0.592. The molecule has 0 aromatic rings. The molecule has 2 aliphatic carbocycles. The van der Waals surface area contributed by atoms with Crippen LogP contribution in [0.15, 0.2) is 48.6 Å². The standard InChI is InChI=1S/C15H22Si/c1-3-13-16(4-2,14-9-5-6-10-14)15-11-7-8-12-15/h5-12,14-15H,3-4,13H2,1-2H3. The predicted octanol–water partition coefficient (Wildman–Crippen LogP) is 4.86. The maximum Gasteiger partial charge on any atom is 0.0756 e. The van der Waals surface area contributed by atoms with Crippen LogP contribution in [0, 0.1) is 0 Å². The van der Waals surface area contributed by atoms with E-state index in [1.165, 1.54) is 18.5 Å². The summed E-state index contributed by atoms with van der Waals surface area (Å²) in [6, 6.07) is 2.84. The zero-order chi connectivity index (χ0) is 11.4. The van der Waals surface area contributed by atoms with Gasteiger partial charge in [0.05, 0.1) is 8.07 Å². The summed E-state index contributed by atoms with van der Waals surface area (Å²) in [6.45, 7) is 4.74. The van der Waals surface area contributed by atoms with Crippen LogP contribution in [0.3, 0.4) is 0 Å². The molecule has 0 amide bonds. The van der Waals surface area contributed by atoms with Crippen molar-refractivity contribution in [3.8, 4) is 0 Å². The zero-order valence-electron chi connectivity index (χ0n) is 10.4. The van der Waals surface area contributed by atoms with Crippen molar-refractivity contribution < 1.29 is 0 Å². The van der Waals surface area contributed by atoms with Crippen molar-refractivity contribution in [2.75, 3.05) is 0 Å². The summed E-state index contributed by atoms with van der Waals surface area (Å²) in [7, 11) is -1.25. The lowest BCUT2D eigenvalue weighted by atomic mass is 10.4. The highest BCUT2D eigenvalue weighted by Crippen LogP contribution is 2.46. The van der Waals surface area contributed by atoms with Crippen LogP contribution in [0.5, 0.6) is 0 Å². The lowest BCUT2D eigenvalue weighted by Gasteiger charge is -2.38. The third-order valence-electron chi connectivity index (χ3n) is 4.20. The van der Waals surface area contributed by atoms with E-state index in [0.29, 0.717) is 0 Å². The van der Waals surface area contributed by atoms with Crippen molar-refractivity contribution in [2.24, 2.45) is 0 Å². The highest BCUT2D eigenvalue weighted by molar-refractivity contribution is 6.84. The minimum Gasteiger partial charge on any atom is -0.0803 e. The molecule has 0 aromatic heterocycles. The van der Waals surface area contributed by atoms with Crippen molar-refractivity contribution in [1.82, 2.24) is 0 Å². The topological polar surface area (TPSA) is 0 Å². The molecule has 0 nitrogen and oxygen atoms in total. The van der Waals surface area contributed by atoms with Gasteiger partial charge in [-0.15, -0.1) is 0 Å². The van der Waals surface area contributed by atoms with Gasteiger partial charge < -0.3 is 0 Å². The van der Waals surface area contributed by atoms with Crippen LogP contribution in [0.25, 0.3) is 0 Å². The Morgan fingerprint density at radius 2 is 1.25 bits per heavy atom. The van der Waals surface area contributed by atoms with Gasteiger partial charge >= 0.3 is 0 Å². The van der Waals surface area contributed by atoms with Crippen molar-refractivity contribution in [1.29, 1.82) is 0 Å². The van der Waals surface area contributed by atoms with E-state index in [1.54, 1.807) is 0 Å². The van der Waals surface area contributed by atoms with E-state index in [1.807, 2.05) is 0 Å². The molecule has 0 atom stereocenters. The molecule has 16 heavy (non-hydrogen) atoms. The summed E-state index contributed by atoms with van der Waals surface area (Å²) in [5, 5.41) is 0. The maximum atomic E-state index is 2.44. The second kappa shape index (κ2) is 5.01. The fourth-order valence-electron chi connectivity index (χ4n) is 3.30. The number of hydrogen-bond donors (Lipinski definition) is 0. The first-order valence-corrected chi connectivity index (χ1v) is 9.10. The molecule has 0 aromatic carbocycles. The van der Waals surface area contributed by atoms with Crippen LogP contribution in [0.4, 0.5) is 0 Å². The molecule has 1 heteroatoms. The SMILES string of the molecule is CCC[Si](CC)(C1C=CC=C1)C1C=CC=C1. The van der Waals surface area contributed by atoms with Crippen LogP contribution in [-0.2, 0) is 0 Å². The number of rotatable bonds is 5. The molecule has 0 fully saturated rings. The third kappa shape index (κ3) is 1.89. The lowest BCUT2D eigenvalue weighted by molar-refractivity contribution is 0.964. The molecule has 0 saturated heterocycles. The molecule has 0 radical (unpaired) electrons. The first kappa shape index (κ1) is 11.7. The predicted molar refractivity (Wildman–Crippen MR) is 75.4 cm³/mol. The minimum absolute atomic E-state index is 0.759. The molecule has 86 valence electrons. The Bertz CT molecular complexity index is 294. The molecule has 2 aliphatic rings. The molecule has 0 aliphatic heterocycles. The van der Waals surface area contributed by atoms with Gasteiger partial charge in [-0.3, -0.25) is 0 Å². The molecular weight excluding hydrogens is 208 g/mol. The van der Waals surface area contributed by atoms with Crippen molar-refractivity contribution in [3.63, 3.8) is 0 Å². The van der Waals surface area contributed by atoms with E-state index in [2.05, 4.69) is 62.5 Å². The van der Waals surface area contributed by atoms with Gasteiger partial charge in [-0.05, 0) is 11.1 Å². The largest absolute Gasteiger partial charge is 0.0803 e. The summed E-state index contributed by atoms with van der Waals surface area (Å²) in [6.07, 6.45) is 20.0. The Morgan fingerprint density at radius 1 is 0.812 bits per heavy atom. The Balaban J connectivity index is 2.29. The van der Waals surface area contributed by atoms with Crippen LogP contribution < -0.4 is 0 Å². The Labute approximate surface area is 100 Å². The van der Waals surface area contributed by atoms with E-state index < -0.39 is 8.07 Å². The van der Waals surface area contributed by atoms with Crippen LogP contribution in [0.1, 0.15) is 20.3 Å². The van der Waals surface area contributed by atoms with Gasteiger partial charge in [-0.2, -0.15) is 0 Å². The van der Waals surface area contributed by atoms with Crippen molar-refractivity contribution in [3.05, 3.63) is 48.6 Å². The van der Waals surface area contributed by atoms with E-state index in [9.17, 15) is 0 Å². The van der Waals surface area contributed by atoms with Crippen LogP contribution >= 0.6 is 0 Å². The van der Waals surface area contributed by atoms with E-state index in [4.69, 9.17) is 0 Å². The summed E-state index contributed by atoms with van der Waals surface area (Å²) in [5.41, 5.74) is 1.52. The second-order valence-corrected chi connectivity index (χ2v) is 9.93. The maximum absolute atomic E-state index is 2.44. The van der Waals surface area contributed by atoms with E-state index in [-0.39, 0.29) is 0 Å². The first-order valence-electron chi connectivity index (χ1n) is 6.53. The highest BCUT2D eigenvalue weighted by atomic mass is 28.3. The van der Waals surface area contributed by atoms with Gasteiger partial charge in [0.15, 0.2) is 0 Å². The minimum atomic E-state index is -1.25. The van der Waals surface area contributed by atoms with Gasteiger partial charge in [0.25, 0.3) is 0 Å². The average molecular weight is 230 g/mol. The zero-order valence-corrected chi connectivity index (χ0v) is 11.4. The molecule has 0 heterocycles. The van der Waals surface area contributed by atoms with Crippen molar-refractivity contribution in [2.45, 2.75) is 43.4 Å². The highest BCUT2D eigenvalue weighted by Gasteiger charge is 2.42. The Kier molecular flexibility index (Phi) is 3.65. The van der Waals surface area contributed by atoms with Gasteiger partial charge in [0, 0.05) is 0 Å². The average Bonchev–Trinajstić information content (AvgIpc) is 2.98. The Morgan fingerprint density at radius 3 is 1.56 bits per heavy atom. The summed E-state index contributed by atoms with van der Waals surface area (Å²) >= 11 is 0. The molecule has 0 bridgehead atoms. The monoisotopic (exact) mass is 230 g/mol. The van der Waals surface area contributed by atoms with Gasteiger partial charge in [-0.1, -0.05) is 81.0 Å².